The van der Waals surface area contributed by atoms with Crippen LogP contribution >= 0.6 is 15.9 Å². The highest BCUT2D eigenvalue weighted by molar-refractivity contribution is 9.10. The van der Waals surface area contributed by atoms with Crippen molar-refractivity contribution in [3.8, 4) is 5.69 Å². The van der Waals surface area contributed by atoms with Crippen LogP contribution in [0, 0.1) is 20.8 Å². The molecule has 0 atom stereocenters. The number of hydrogen-bond acceptors (Lipinski definition) is 5. The van der Waals surface area contributed by atoms with Gasteiger partial charge < -0.3 is 9.73 Å². The number of halogens is 1. The Kier molecular flexibility index (Phi) is 3.99. The number of aromatic nitrogens is 4. The molecule has 0 aliphatic carbocycles. The summed E-state index contributed by atoms with van der Waals surface area (Å²) in [5, 5.41) is 14.3. The summed E-state index contributed by atoms with van der Waals surface area (Å²) in [7, 11) is 0. The van der Waals surface area contributed by atoms with Crippen LogP contribution < -0.4 is 5.32 Å². The summed E-state index contributed by atoms with van der Waals surface area (Å²) < 4.78 is 7.73. The molecule has 0 radical (unpaired) electrons. The zero-order valence-corrected chi connectivity index (χ0v) is 14.4. The Morgan fingerprint density at radius 3 is 2.65 bits per heavy atom. The number of anilines is 1. The number of benzene rings is 1. The molecule has 7 nitrogen and oxygen atoms in total. The van der Waals surface area contributed by atoms with Crippen LogP contribution in [-0.2, 0) is 0 Å². The number of carbonyl (C=O) groups excluding carboxylic acids is 1. The first-order valence-electron chi connectivity index (χ1n) is 6.89. The molecule has 1 N–H and O–H groups in total. The van der Waals surface area contributed by atoms with Crippen molar-refractivity contribution < 1.29 is 9.21 Å². The van der Waals surface area contributed by atoms with Crippen molar-refractivity contribution in [2.24, 2.45) is 0 Å². The van der Waals surface area contributed by atoms with E-state index in [2.05, 4.69) is 36.8 Å². The highest BCUT2D eigenvalue weighted by Gasteiger charge is 2.20. The normalized spacial score (nSPS) is 10.8. The van der Waals surface area contributed by atoms with Gasteiger partial charge in [0.25, 0.3) is 5.91 Å². The Hall–Kier alpha value is -2.48. The van der Waals surface area contributed by atoms with Crippen LogP contribution in [0.1, 0.15) is 27.7 Å². The minimum atomic E-state index is -0.239. The lowest BCUT2D eigenvalue weighted by molar-refractivity contribution is 0.102. The fourth-order valence-corrected chi connectivity index (χ4v) is 2.84. The van der Waals surface area contributed by atoms with Crippen LogP contribution in [0.5, 0.6) is 0 Å². The van der Waals surface area contributed by atoms with Crippen LogP contribution in [0.3, 0.4) is 0 Å². The third-order valence-corrected chi connectivity index (χ3v) is 4.34. The summed E-state index contributed by atoms with van der Waals surface area (Å²) in [6, 6.07) is 7.30. The standard InChI is InChI=1S/C15H14BrN5O2/c1-8-13(14(16)9(2)23-8)15(22)17-11-5-4-6-12(7-11)21-10(3)18-19-20-21/h4-7H,1-3H3,(H,17,22). The van der Waals surface area contributed by atoms with Gasteiger partial charge in [-0.1, -0.05) is 6.07 Å². The SMILES string of the molecule is Cc1oc(C)c(C(=O)Nc2cccc(-n3nnnc3C)c2)c1Br. The minimum absolute atomic E-state index is 0.239. The van der Waals surface area contributed by atoms with Gasteiger partial charge >= 0.3 is 0 Å². The molecule has 0 aliphatic heterocycles. The zero-order valence-electron chi connectivity index (χ0n) is 12.8. The van der Waals surface area contributed by atoms with Crippen molar-refractivity contribution in [1.29, 1.82) is 0 Å². The lowest BCUT2D eigenvalue weighted by atomic mass is 10.2. The average Bonchev–Trinajstić information content (AvgIpc) is 3.03. The van der Waals surface area contributed by atoms with Gasteiger partial charge in [-0.3, -0.25) is 4.79 Å². The summed E-state index contributed by atoms with van der Waals surface area (Å²) >= 11 is 3.39. The molecule has 0 fully saturated rings. The van der Waals surface area contributed by atoms with Gasteiger partial charge in [-0.15, -0.1) is 5.10 Å². The van der Waals surface area contributed by atoms with E-state index in [-0.39, 0.29) is 5.91 Å². The van der Waals surface area contributed by atoms with E-state index >= 15 is 0 Å². The largest absolute Gasteiger partial charge is 0.465 e. The fourth-order valence-electron chi connectivity index (χ4n) is 2.29. The lowest BCUT2D eigenvalue weighted by Crippen LogP contribution is -2.13. The number of hydrogen-bond donors (Lipinski definition) is 1. The average molecular weight is 376 g/mol. The first-order chi connectivity index (χ1) is 11.0. The second kappa shape index (κ2) is 5.96. The van der Waals surface area contributed by atoms with Gasteiger partial charge in [0, 0.05) is 5.69 Å². The summed E-state index contributed by atoms with van der Waals surface area (Å²) in [5.74, 6) is 1.67. The second-order valence-electron chi connectivity index (χ2n) is 5.05. The van der Waals surface area contributed by atoms with Crippen LogP contribution in [-0.4, -0.2) is 26.1 Å². The van der Waals surface area contributed by atoms with Crippen molar-refractivity contribution in [3.05, 3.63) is 51.6 Å². The van der Waals surface area contributed by atoms with Gasteiger partial charge in [0.05, 0.1) is 15.7 Å². The molecule has 1 aromatic carbocycles. The van der Waals surface area contributed by atoms with Crippen molar-refractivity contribution in [2.45, 2.75) is 20.8 Å². The lowest BCUT2D eigenvalue weighted by Gasteiger charge is -2.07. The van der Waals surface area contributed by atoms with E-state index in [1.165, 1.54) is 0 Å². The number of nitrogens with zero attached hydrogens (tertiary/aromatic N) is 4. The van der Waals surface area contributed by atoms with Crippen LogP contribution in [0.25, 0.3) is 5.69 Å². The van der Waals surface area contributed by atoms with E-state index in [9.17, 15) is 4.79 Å². The molecule has 23 heavy (non-hydrogen) atoms. The molecule has 118 valence electrons. The first-order valence-corrected chi connectivity index (χ1v) is 7.69. The fraction of sp³-hybridized carbons (Fsp3) is 0.200. The Balaban J connectivity index is 1.89. The number of nitrogens with one attached hydrogen (secondary N) is 1. The Bertz CT molecular complexity index is 884. The van der Waals surface area contributed by atoms with Crippen LogP contribution in [0.4, 0.5) is 5.69 Å². The highest BCUT2D eigenvalue weighted by atomic mass is 79.9. The smallest absolute Gasteiger partial charge is 0.260 e. The molecule has 0 unspecified atom stereocenters. The van der Waals surface area contributed by atoms with Crippen molar-refractivity contribution in [2.75, 3.05) is 5.32 Å². The number of rotatable bonds is 3. The monoisotopic (exact) mass is 375 g/mol. The van der Waals surface area contributed by atoms with Crippen LogP contribution in [0.2, 0.25) is 0 Å². The van der Waals surface area contributed by atoms with Gasteiger partial charge in [-0.05, 0) is 65.3 Å². The Morgan fingerprint density at radius 1 is 1.26 bits per heavy atom. The van der Waals surface area contributed by atoms with Crippen molar-refractivity contribution in [1.82, 2.24) is 20.2 Å². The molecule has 0 bridgehead atoms. The third kappa shape index (κ3) is 2.89. The van der Waals surface area contributed by atoms with E-state index < -0.39 is 0 Å². The predicted octanol–water partition coefficient (Wildman–Crippen LogP) is 3.20. The molecule has 0 saturated carbocycles. The molecule has 0 aliphatic rings. The van der Waals surface area contributed by atoms with Gasteiger partial charge in [0.15, 0.2) is 5.82 Å². The summed E-state index contributed by atoms with van der Waals surface area (Å²) in [5.41, 5.74) is 1.91. The molecule has 0 saturated heterocycles. The van der Waals surface area contributed by atoms with Gasteiger partial charge in [-0.2, -0.15) is 4.68 Å². The maximum atomic E-state index is 12.5. The number of furan rings is 1. The molecule has 3 aromatic rings. The summed E-state index contributed by atoms with van der Waals surface area (Å²) in [6.45, 7) is 5.36. The number of amides is 1. The van der Waals surface area contributed by atoms with Gasteiger partial charge in [0.1, 0.15) is 11.5 Å². The first kappa shape index (κ1) is 15.4. The predicted molar refractivity (Wildman–Crippen MR) is 87.7 cm³/mol. The molecule has 2 aromatic heterocycles. The van der Waals surface area contributed by atoms with Crippen molar-refractivity contribution in [3.63, 3.8) is 0 Å². The molecule has 2 heterocycles. The summed E-state index contributed by atoms with van der Waals surface area (Å²) in [6.07, 6.45) is 0. The Labute approximate surface area is 140 Å². The second-order valence-corrected chi connectivity index (χ2v) is 5.84. The zero-order chi connectivity index (χ0) is 16.6. The van der Waals surface area contributed by atoms with Crippen molar-refractivity contribution >= 4 is 27.5 Å². The topological polar surface area (TPSA) is 85.8 Å². The highest BCUT2D eigenvalue weighted by Crippen LogP contribution is 2.28. The van der Waals surface area contributed by atoms with E-state index in [4.69, 9.17) is 4.42 Å². The number of aryl methyl sites for hydroxylation is 3. The number of carbonyl (C=O) groups is 1. The molecule has 8 heteroatoms. The van der Waals surface area contributed by atoms with Gasteiger partial charge in [0.2, 0.25) is 0 Å². The minimum Gasteiger partial charge on any atom is -0.465 e. The third-order valence-electron chi connectivity index (χ3n) is 3.39. The quantitative estimate of drug-likeness (QED) is 0.759. The Morgan fingerprint density at radius 2 is 2.04 bits per heavy atom. The number of tetrazole rings is 1. The van der Waals surface area contributed by atoms with E-state index in [1.807, 2.05) is 12.1 Å². The molecule has 1 amide bonds. The van der Waals surface area contributed by atoms with E-state index in [1.54, 1.807) is 37.6 Å². The van der Waals surface area contributed by atoms with Gasteiger partial charge in [-0.25, -0.2) is 0 Å². The molecule has 3 rings (SSSR count). The maximum absolute atomic E-state index is 12.5. The molecular formula is C15H14BrN5O2. The van der Waals surface area contributed by atoms with Crippen LogP contribution in [0.15, 0.2) is 33.2 Å². The van der Waals surface area contributed by atoms with E-state index in [0.717, 1.165) is 5.69 Å². The summed E-state index contributed by atoms with van der Waals surface area (Å²) in [4.78, 5) is 12.5. The maximum Gasteiger partial charge on any atom is 0.260 e. The molecule has 0 spiro atoms. The van der Waals surface area contributed by atoms with E-state index in [0.29, 0.717) is 33.1 Å². The molecular weight excluding hydrogens is 362 g/mol.